The number of para-hydroxylation sites is 1. The highest BCUT2D eigenvalue weighted by molar-refractivity contribution is 5.93. The number of likely N-dealkylation sites (tertiary alicyclic amines) is 1. The molecular weight excluding hydrogens is 394 g/mol. The SMILES string of the molecule is COc1ccc(-n2nc(C(=O)N3CCCC3c3cccc4c3OCCO4)cc2C)cc1. The van der Waals surface area contributed by atoms with Gasteiger partial charge in [0, 0.05) is 17.8 Å². The van der Waals surface area contributed by atoms with Crippen LogP contribution in [0.15, 0.2) is 48.5 Å². The van der Waals surface area contributed by atoms with Crippen LogP contribution in [0.25, 0.3) is 5.69 Å². The zero-order chi connectivity index (χ0) is 21.4. The van der Waals surface area contributed by atoms with Gasteiger partial charge in [0.1, 0.15) is 19.0 Å². The number of fused-ring (bicyclic) bond motifs is 1. The van der Waals surface area contributed by atoms with Crippen LogP contribution >= 0.6 is 0 Å². The number of methoxy groups -OCH3 is 1. The molecular formula is C24H25N3O4. The van der Waals surface area contributed by atoms with Crippen molar-refractivity contribution in [2.45, 2.75) is 25.8 Å². The lowest BCUT2D eigenvalue weighted by Crippen LogP contribution is -2.31. The fourth-order valence-corrected chi connectivity index (χ4v) is 4.40. The highest BCUT2D eigenvalue weighted by Crippen LogP contribution is 2.43. The van der Waals surface area contributed by atoms with Crippen molar-refractivity contribution in [3.8, 4) is 22.9 Å². The van der Waals surface area contributed by atoms with E-state index >= 15 is 0 Å². The fraction of sp³-hybridized carbons (Fsp3) is 0.333. The van der Waals surface area contributed by atoms with Gasteiger partial charge in [0.05, 0.1) is 18.8 Å². The van der Waals surface area contributed by atoms with Gasteiger partial charge in [-0.05, 0) is 56.2 Å². The number of amides is 1. The van der Waals surface area contributed by atoms with Gasteiger partial charge < -0.3 is 19.1 Å². The van der Waals surface area contributed by atoms with Gasteiger partial charge in [0.2, 0.25) is 0 Å². The van der Waals surface area contributed by atoms with E-state index in [1.165, 1.54) is 0 Å². The molecule has 0 spiro atoms. The maximum absolute atomic E-state index is 13.5. The highest BCUT2D eigenvalue weighted by atomic mass is 16.6. The van der Waals surface area contributed by atoms with Gasteiger partial charge in [-0.25, -0.2) is 4.68 Å². The minimum absolute atomic E-state index is 0.0457. The van der Waals surface area contributed by atoms with Gasteiger partial charge in [0.15, 0.2) is 17.2 Å². The summed E-state index contributed by atoms with van der Waals surface area (Å²) < 4.78 is 18.7. The van der Waals surface area contributed by atoms with Crippen LogP contribution in [-0.2, 0) is 0 Å². The van der Waals surface area contributed by atoms with Crippen LogP contribution in [0, 0.1) is 6.92 Å². The number of rotatable bonds is 4. The molecule has 7 heteroatoms. The molecule has 1 saturated heterocycles. The Labute approximate surface area is 181 Å². The number of hydrogen-bond acceptors (Lipinski definition) is 5. The zero-order valence-electron chi connectivity index (χ0n) is 17.7. The van der Waals surface area contributed by atoms with E-state index in [1.807, 2.05) is 60.4 Å². The molecule has 1 unspecified atom stereocenters. The summed E-state index contributed by atoms with van der Waals surface area (Å²) >= 11 is 0. The molecule has 1 amide bonds. The summed E-state index contributed by atoms with van der Waals surface area (Å²) in [5.41, 5.74) is 3.24. The number of nitrogens with zero attached hydrogens (tertiary/aromatic N) is 3. The average Bonchev–Trinajstić information content (AvgIpc) is 3.45. The maximum atomic E-state index is 13.5. The standard InChI is InChI=1S/C24H25N3O4/c1-16-15-20(25-27(16)17-8-10-18(29-2)11-9-17)24(28)26-12-4-6-21(26)19-5-3-7-22-23(19)31-14-13-30-22/h3,5,7-11,15,21H,4,6,12-14H2,1-2H3. The number of aromatic nitrogens is 2. The number of carbonyl (C=O) groups excluding carboxylic acids is 1. The first-order valence-electron chi connectivity index (χ1n) is 10.6. The lowest BCUT2D eigenvalue weighted by molar-refractivity contribution is 0.0724. The molecule has 3 heterocycles. The summed E-state index contributed by atoms with van der Waals surface area (Å²) in [5, 5.41) is 4.62. The third kappa shape index (κ3) is 3.50. The molecule has 160 valence electrons. The summed E-state index contributed by atoms with van der Waals surface area (Å²) in [5.74, 6) is 2.23. The van der Waals surface area contributed by atoms with E-state index in [2.05, 4.69) is 5.10 Å². The van der Waals surface area contributed by atoms with Crippen LogP contribution in [0.5, 0.6) is 17.2 Å². The molecule has 1 fully saturated rings. The molecule has 5 rings (SSSR count). The number of benzene rings is 2. The third-order valence-corrected chi connectivity index (χ3v) is 5.89. The Bertz CT molecular complexity index is 1110. The Balaban J connectivity index is 1.44. The van der Waals surface area contributed by atoms with E-state index in [0.29, 0.717) is 25.5 Å². The highest BCUT2D eigenvalue weighted by Gasteiger charge is 2.35. The summed E-state index contributed by atoms with van der Waals surface area (Å²) in [4.78, 5) is 15.4. The predicted molar refractivity (Wildman–Crippen MR) is 115 cm³/mol. The van der Waals surface area contributed by atoms with Crippen molar-refractivity contribution in [2.75, 3.05) is 26.9 Å². The molecule has 31 heavy (non-hydrogen) atoms. The molecule has 7 nitrogen and oxygen atoms in total. The smallest absolute Gasteiger partial charge is 0.274 e. The van der Waals surface area contributed by atoms with Crippen molar-refractivity contribution in [1.29, 1.82) is 0 Å². The zero-order valence-corrected chi connectivity index (χ0v) is 17.7. The van der Waals surface area contributed by atoms with E-state index in [0.717, 1.165) is 47.0 Å². The molecule has 0 N–H and O–H groups in total. The largest absolute Gasteiger partial charge is 0.497 e. The van der Waals surface area contributed by atoms with Crippen LogP contribution in [0.1, 0.15) is 40.6 Å². The van der Waals surface area contributed by atoms with Crippen LogP contribution in [0.4, 0.5) is 0 Å². The van der Waals surface area contributed by atoms with E-state index in [-0.39, 0.29) is 11.9 Å². The lowest BCUT2D eigenvalue weighted by Gasteiger charge is -2.28. The van der Waals surface area contributed by atoms with Gasteiger partial charge in [-0.3, -0.25) is 4.79 Å². The van der Waals surface area contributed by atoms with E-state index in [9.17, 15) is 4.79 Å². The third-order valence-electron chi connectivity index (χ3n) is 5.89. The summed E-state index contributed by atoms with van der Waals surface area (Å²) in [6.45, 7) is 3.72. The number of hydrogen-bond donors (Lipinski definition) is 0. The van der Waals surface area contributed by atoms with Gasteiger partial charge in [-0.2, -0.15) is 5.10 Å². The van der Waals surface area contributed by atoms with E-state index in [1.54, 1.807) is 11.8 Å². The second-order valence-corrected chi connectivity index (χ2v) is 7.81. The van der Waals surface area contributed by atoms with Crippen molar-refractivity contribution in [3.05, 3.63) is 65.5 Å². The first-order valence-corrected chi connectivity index (χ1v) is 10.6. The number of carbonyl (C=O) groups is 1. The van der Waals surface area contributed by atoms with Gasteiger partial charge in [-0.15, -0.1) is 0 Å². The van der Waals surface area contributed by atoms with Gasteiger partial charge >= 0.3 is 0 Å². The fourth-order valence-electron chi connectivity index (χ4n) is 4.40. The van der Waals surface area contributed by atoms with Gasteiger partial charge in [0.25, 0.3) is 5.91 Å². The van der Waals surface area contributed by atoms with Crippen LogP contribution in [0.3, 0.4) is 0 Å². The average molecular weight is 419 g/mol. The lowest BCUT2D eigenvalue weighted by atomic mass is 10.0. The molecule has 1 atom stereocenters. The first kappa shape index (κ1) is 19.5. The molecule has 2 aliphatic heterocycles. The van der Waals surface area contributed by atoms with Crippen molar-refractivity contribution in [3.63, 3.8) is 0 Å². The Kier molecular flexibility index (Phi) is 5.02. The molecule has 0 saturated carbocycles. The number of aryl methyl sites for hydroxylation is 1. The van der Waals surface area contributed by atoms with Crippen molar-refractivity contribution >= 4 is 5.91 Å². The molecule has 0 bridgehead atoms. The number of ether oxygens (including phenoxy) is 3. The minimum atomic E-state index is -0.0628. The van der Waals surface area contributed by atoms with Crippen molar-refractivity contribution < 1.29 is 19.0 Å². The molecule has 1 aromatic heterocycles. The predicted octanol–water partition coefficient (Wildman–Crippen LogP) is 3.94. The van der Waals surface area contributed by atoms with Crippen LogP contribution in [-0.4, -0.2) is 47.5 Å². The quantitative estimate of drug-likeness (QED) is 0.641. The molecule has 3 aromatic rings. The van der Waals surface area contributed by atoms with Crippen LogP contribution in [0.2, 0.25) is 0 Å². The topological polar surface area (TPSA) is 65.8 Å². The molecule has 2 aromatic carbocycles. The normalized spacial score (nSPS) is 17.6. The Morgan fingerprint density at radius 1 is 1.13 bits per heavy atom. The monoisotopic (exact) mass is 419 g/mol. The van der Waals surface area contributed by atoms with Crippen molar-refractivity contribution in [1.82, 2.24) is 14.7 Å². The Hall–Kier alpha value is -3.48. The maximum Gasteiger partial charge on any atom is 0.274 e. The van der Waals surface area contributed by atoms with E-state index in [4.69, 9.17) is 14.2 Å². The second kappa shape index (κ2) is 7.98. The summed E-state index contributed by atoms with van der Waals surface area (Å²) in [6.07, 6.45) is 1.84. The first-order chi connectivity index (χ1) is 15.2. The van der Waals surface area contributed by atoms with Gasteiger partial charge in [-0.1, -0.05) is 12.1 Å². The van der Waals surface area contributed by atoms with E-state index < -0.39 is 0 Å². The van der Waals surface area contributed by atoms with Crippen molar-refractivity contribution in [2.24, 2.45) is 0 Å². The second-order valence-electron chi connectivity index (χ2n) is 7.81. The molecule has 2 aliphatic rings. The Morgan fingerprint density at radius 2 is 1.94 bits per heavy atom. The van der Waals surface area contributed by atoms with Crippen LogP contribution < -0.4 is 14.2 Å². The minimum Gasteiger partial charge on any atom is -0.497 e. The Morgan fingerprint density at radius 3 is 2.74 bits per heavy atom. The molecule has 0 aliphatic carbocycles. The summed E-state index contributed by atoms with van der Waals surface area (Å²) in [7, 11) is 1.64. The molecule has 0 radical (unpaired) electrons. The summed E-state index contributed by atoms with van der Waals surface area (Å²) in [6, 6.07) is 15.3.